The zero-order valence-electron chi connectivity index (χ0n) is 9.34. The summed E-state index contributed by atoms with van der Waals surface area (Å²) >= 11 is 9.18. The smallest absolute Gasteiger partial charge is 0.224 e. The predicted molar refractivity (Wildman–Crippen MR) is 73.0 cm³/mol. The predicted octanol–water partition coefficient (Wildman–Crippen LogP) is 3.64. The van der Waals surface area contributed by atoms with E-state index in [1.807, 2.05) is 0 Å². The molecule has 2 rings (SSSR count). The number of halogens is 2. The van der Waals surface area contributed by atoms with Crippen molar-refractivity contribution in [3.05, 3.63) is 16.0 Å². The molecular formula is C12H13BrClN3. The third-order valence-corrected chi connectivity index (χ3v) is 3.82. The molecule has 0 unspecified atom stereocenters. The number of hydrogen-bond acceptors (Lipinski definition) is 3. The van der Waals surface area contributed by atoms with Gasteiger partial charge in [0, 0.05) is 6.20 Å². The van der Waals surface area contributed by atoms with Gasteiger partial charge in [-0.05, 0) is 40.4 Å². The molecule has 1 aromatic rings. The van der Waals surface area contributed by atoms with Crippen molar-refractivity contribution >= 4 is 33.3 Å². The Bertz CT molecular complexity index is 450. The molecule has 1 aliphatic rings. The van der Waals surface area contributed by atoms with Crippen molar-refractivity contribution in [2.45, 2.75) is 37.6 Å². The number of nitrogens with zero attached hydrogens (tertiary/aromatic N) is 2. The first kappa shape index (κ1) is 12.7. The summed E-state index contributed by atoms with van der Waals surface area (Å²) in [6.45, 7) is 0. The van der Waals surface area contributed by atoms with Crippen LogP contribution in [0.25, 0.3) is 0 Å². The highest BCUT2D eigenvalue weighted by Crippen LogP contribution is 2.32. The second-order valence-electron chi connectivity index (χ2n) is 4.25. The van der Waals surface area contributed by atoms with E-state index in [0.29, 0.717) is 5.82 Å². The van der Waals surface area contributed by atoms with E-state index in [1.165, 1.54) is 6.42 Å². The molecule has 0 atom stereocenters. The molecule has 0 bridgehead atoms. The minimum atomic E-state index is -0.293. The maximum absolute atomic E-state index is 5.79. The van der Waals surface area contributed by atoms with E-state index >= 15 is 0 Å². The summed E-state index contributed by atoms with van der Waals surface area (Å²) in [7, 11) is 0. The molecule has 0 saturated heterocycles. The molecule has 0 aromatic carbocycles. The van der Waals surface area contributed by atoms with Crippen LogP contribution in [0.4, 0.5) is 5.82 Å². The quantitative estimate of drug-likeness (QED) is 0.669. The first-order chi connectivity index (χ1) is 8.15. The van der Waals surface area contributed by atoms with Gasteiger partial charge < -0.3 is 5.32 Å². The van der Waals surface area contributed by atoms with Gasteiger partial charge in [-0.15, -0.1) is 6.42 Å². The van der Waals surface area contributed by atoms with Crippen molar-refractivity contribution in [1.82, 2.24) is 9.97 Å². The van der Waals surface area contributed by atoms with Gasteiger partial charge >= 0.3 is 0 Å². The Kier molecular flexibility index (Phi) is 3.90. The van der Waals surface area contributed by atoms with E-state index in [2.05, 4.69) is 37.1 Å². The fourth-order valence-electron chi connectivity index (χ4n) is 2.12. The summed E-state index contributed by atoms with van der Waals surface area (Å²) in [5.41, 5.74) is -0.293. The van der Waals surface area contributed by atoms with E-state index in [0.717, 1.165) is 30.2 Å². The Hall–Kier alpha value is -0.790. The molecule has 1 saturated carbocycles. The fourth-order valence-corrected chi connectivity index (χ4v) is 2.54. The molecule has 1 fully saturated rings. The molecule has 0 aliphatic heterocycles. The standard InChI is InChI=1S/C12H13BrClN3/c1-2-12(6-4-3-5-7-12)17-10-9(13)8-15-11(14)16-10/h1,8H,3-7H2,(H,15,16,17). The van der Waals surface area contributed by atoms with Gasteiger partial charge in [0.15, 0.2) is 0 Å². The maximum Gasteiger partial charge on any atom is 0.224 e. The van der Waals surface area contributed by atoms with Crippen LogP contribution in [-0.4, -0.2) is 15.5 Å². The molecule has 1 aliphatic carbocycles. The average molecular weight is 315 g/mol. The third kappa shape index (κ3) is 2.91. The first-order valence-corrected chi connectivity index (χ1v) is 6.76. The van der Waals surface area contributed by atoms with Gasteiger partial charge in [-0.2, -0.15) is 4.98 Å². The van der Waals surface area contributed by atoms with Gasteiger partial charge in [0.25, 0.3) is 0 Å². The molecule has 5 heteroatoms. The van der Waals surface area contributed by atoms with Crippen LogP contribution >= 0.6 is 27.5 Å². The number of terminal acetylenes is 1. The molecule has 0 radical (unpaired) electrons. The maximum atomic E-state index is 5.79. The van der Waals surface area contributed by atoms with Gasteiger partial charge in [0.2, 0.25) is 5.28 Å². The van der Waals surface area contributed by atoms with Gasteiger partial charge in [0.05, 0.1) is 10.0 Å². The molecule has 90 valence electrons. The molecule has 1 heterocycles. The average Bonchev–Trinajstić information content (AvgIpc) is 2.35. The Balaban J connectivity index is 2.23. The van der Waals surface area contributed by atoms with Crippen LogP contribution in [0, 0.1) is 12.3 Å². The Morgan fingerprint density at radius 1 is 1.41 bits per heavy atom. The number of aromatic nitrogens is 2. The van der Waals surface area contributed by atoms with Crippen molar-refractivity contribution < 1.29 is 0 Å². The van der Waals surface area contributed by atoms with Crippen molar-refractivity contribution in [3.8, 4) is 12.3 Å². The van der Waals surface area contributed by atoms with Crippen molar-refractivity contribution in [2.24, 2.45) is 0 Å². The molecule has 1 aromatic heterocycles. The lowest BCUT2D eigenvalue weighted by atomic mass is 9.82. The Morgan fingerprint density at radius 2 is 2.12 bits per heavy atom. The van der Waals surface area contributed by atoms with Gasteiger partial charge in [0.1, 0.15) is 5.82 Å². The summed E-state index contributed by atoms with van der Waals surface area (Å²) in [5.74, 6) is 3.55. The second kappa shape index (κ2) is 5.24. The highest BCUT2D eigenvalue weighted by atomic mass is 79.9. The van der Waals surface area contributed by atoms with E-state index in [1.54, 1.807) is 6.20 Å². The number of nitrogens with one attached hydrogen (secondary N) is 1. The zero-order chi connectivity index (χ0) is 12.3. The highest BCUT2D eigenvalue weighted by Gasteiger charge is 2.30. The fraction of sp³-hybridized carbons (Fsp3) is 0.500. The van der Waals surface area contributed by atoms with Gasteiger partial charge in [-0.3, -0.25) is 0 Å². The summed E-state index contributed by atoms with van der Waals surface area (Å²) in [4.78, 5) is 8.06. The molecule has 3 nitrogen and oxygen atoms in total. The van der Waals surface area contributed by atoms with Crippen LogP contribution in [0.1, 0.15) is 32.1 Å². The van der Waals surface area contributed by atoms with Crippen LogP contribution in [-0.2, 0) is 0 Å². The Labute approximate surface area is 115 Å². The van der Waals surface area contributed by atoms with Crippen molar-refractivity contribution in [2.75, 3.05) is 5.32 Å². The van der Waals surface area contributed by atoms with E-state index < -0.39 is 0 Å². The number of rotatable bonds is 2. The van der Waals surface area contributed by atoms with Gasteiger partial charge in [-0.25, -0.2) is 4.98 Å². The number of anilines is 1. The molecule has 0 spiro atoms. The third-order valence-electron chi connectivity index (χ3n) is 3.06. The van der Waals surface area contributed by atoms with E-state index in [-0.39, 0.29) is 10.8 Å². The van der Waals surface area contributed by atoms with E-state index in [4.69, 9.17) is 18.0 Å². The largest absolute Gasteiger partial charge is 0.353 e. The monoisotopic (exact) mass is 313 g/mol. The SMILES string of the molecule is C#CC1(Nc2nc(Cl)ncc2Br)CCCCC1. The molecular weight excluding hydrogens is 302 g/mol. The van der Waals surface area contributed by atoms with Crippen molar-refractivity contribution in [3.63, 3.8) is 0 Å². The van der Waals surface area contributed by atoms with E-state index in [9.17, 15) is 0 Å². The summed E-state index contributed by atoms with van der Waals surface area (Å²) < 4.78 is 0.780. The highest BCUT2D eigenvalue weighted by molar-refractivity contribution is 9.10. The van der Waals surface area contributed by atoms with Crippen LogP contribution in [0.5, 0.6) is 0 Å². The van der Waals surface area contributed by atoms with Crippen LogP contribution in [0.3, 0.4) is 0 Å². The minimum absolute atomic E-state index is 0.221. The molecule has 0 amide bonds. The summed E-state index contributed by atoms with van der Waals surface area (Å²) in [5, 5.41) is 3.56. The lowest BCUT2D eigenvalue weighted by Crippen LogP contribution is -2.39. The van der Waals surface area contributed by atoms with Gasteiger partial charge in [-0.1, -0.05) is 25.2 Å². The molecule has 17 heavy (non-hydrogen) atoms. The van der Waals surface area contributed by atoms with Crippen molar-refractivity contribution in [1.29, 1.82) is 0 Å². The molecule has 1 N–H and O–H groups in total. The van der Waals surface area contributed by atoms with Crippen LogP contribution < -0.4 is 5.32 Å². The normalized spacial score (nSPS) is 18.4. The lowest BCUT2D eigenvalue weighted by molar-refractivity contribution is 0.395. The minimum Gasteiger partial charge on any atom is -0.353 e. The topological polar surface area (TPSA) is 37.8 Å². The zero-order valence-corrected chi connectivity index (χ0v) is 11.7. The number of hydrogen-bond donors (Lipinski definition) is 1. The first-order valence-electron chi connectivity index (χ1n) is 5.59. The Morgan fingerprint density at radius 3 is 2.76 bits per heavy atom. The second-order valence-corrected chi connectivity index (χ2v) is 5.44. The van der Waals surface area contributed by atoms with Crippen LogP contribution in [0.2, 0.25) is 5.28 Å². The summed E-state index contributed by atoms with van der Waals surface area (Å²) in [6, 6.07) is 0. The lowest BCUT2D eigenvalue weighted by Gasteiger charge is -2.34. The van der Waals surface area contributed by atoms with Crippen LogP contribution in [0.15, 0.2) is 10.7 Å². The summed E-state index contributed by atoms with van der Waals surface area (Å²) in [6.07, 6.45) is 12.8.